The minimum absolute atomic E-state index is 0.255. The molecule has 0 aliphatic carbocycles. The zero-order valence-corrected chi connectivity index (χ0v) is 8.63. The smallest absolute Gasteiger partial charge is 0.0965 e. The van der Waals surface area contributed by atoms with Crippen molar-refractivity contribution < 1.29 is 10.2 Å². The van der Waals surface area contributed by atoms with E-state index >= 15 is 0 Å². The van der Waals surface area contributed by atoms with Crippen molar-refractivity contribution in [3.05, 3.63) is 48.6 Å². The van der Waals surface area contributed by atoms with Gasteiger partial charge in [-0.15, -0.1) is 6.58 Å². The van der Waals surface area contributed by atoms with Crippen molar-refractivity contribution in [2.45, 2.75) is 12.1 Å². The maximum atomic E-state index is 9.65. The van der Waals surface area contributed by atoms with Gasteiger partial charge in [-0.2, -0.15) is 0 Å². The molecule has 0 spiro atoms. The van der Waals surface area contributed by atoms with Crippen LogP contribution in [0.2, 0.25) is 0 Å². The summed E-state index contributed by atoms with van der Waals surface area (Å²) < 4.78 is 0. The molecule has 3 heteroatoms. The number of nitrogens with one attached hydrogen (secondary N) is 1. The Kier molecular flexibility index (Phi) is 5.04. The van der Waals surface area contributed by atoms with Gasteiger partial charge in [0.2, 0.25) is 0 Å². The molecule has 0 saturated carbocycles. The molecule has 3 N–H and O–H groups in total. The Balaban J connectivity index is 2.76. The Morgan fingerprint density at radius 3 is 2.53 bits per heavy atom. The summed E-state index contributed by atoms with van der Waals surface area (Å²) in [4.78, 5) is 0. The number of benzene rings is 1. The van der Waals surface area contributed by atoms with Crippen molar-refractivity contribution in [3.8, 4) is 0 Å². The monoisotopic (exact) mass is 207 g/mol. The fraction of sp³-hybridized carbons (Fsp3) is 0.333. The molecule has 0 saturated heterocycles. The molecule has 0 aliphatic heterocycles. The maximum Gasteiger partial charge on any atom is 0.0965 e. The lowest BCUT2D eigenvalue weighted by atomic mass is 10.0. The van der Waals surface area contributed by atoms with E-state index in [1.54, 1.807) is 6.08 Å². The highest BCUT2D eigenvalue weighted by atomic mass is 16.3. The first-order valence-electron chi connectivity index (χ1n) is 4.97. The lowest BCUT2D eigenvalue weighted by Gasteiger charge is -2.22. The summed E-state index contributed by atoms with van der Waals surface area (Å²) in [5, 5.41) is 21.7. The molecule has 0 bridgehead atoms. The van der Waals surface area contributed by atoms with Crippen LogP contribution in [-0.4, -0.2) is 29.5 Å². The third-order valence-corrected chi connectivity index (χ3v) is 2.21. The van der Waals surface area contributed by atoms with E-state index in [2.05, 4.69) is 11.9 Å². The lowest BCUT2D eigenvalue weighted by Crippen LogP contribution is -2.34. The maximum absolute atomic E-state index is 9.65. The van der Waals surface area contributed by atoms with Gasteiger partial charge in [-0.25, -0.2) is 0 Å². The van der Waals surface area contributed by atoms with Gasteiger partial charge in [-0.3, -0.25) is 0 Å². The summed E-state index contributed by atoms with van der Waals surface area (Å²) in [5.41, 5.74) is 0.959. The third kappa shape index (κ3) is 3.47. The van der Waals surface area contributed by atoms with Crippen LogP contribution in [0.15, 0.2) is 43.0 Å². The third-order valence-electron chi connectivity index (χ3n) is 2.21. The summed E-state index contributed by atoms with van der Waals surface area (Å²) in [5.74, 6) is 0. The number of aliphatic hydroxyl groups excluding tert-OH is 2. The fourth-order valence-corrected chi connectivity index (χ4v) is 1.45. The van der Waals surface area contributed by atoms with Gasteiger partial charge in [0.1, 0.15) is 0 Å². The molecule has 0 amide bonds. The first kappa shape index (κ1) is 11.9. The minimum atomic E-state index is -0.799. The quantitative estimate of drug-likeness (QED) is 0.606. The molecule has 0 aliphatic rings. The highest BCUT2D eigenvalue weighted by Crippen LogP contribution is 2.16. The lowest BCUT2D eigenvalue weighted by molar-refractivity contribution is 0.0636. The van der Waals surface area contributed by atoms with E-state index in [1.807, 2.05) is 30.3 Å². The molecular formula is C12H17NO2. The van der Waals surface area contributed by atoms with E-state index in [-0.39, 0.29) is 12.6 Å². The Morgan fingerprint density at radius 1 is 1.33 bits per heavy atom. The van der Waals surface area contributed by atoms with Crippen LogP contribution in [0.1, 0.15) is 11.6 Å². The average Bonchev–Trinajstić information content (AvgIpc) is 2.30. The molecule has 3 nitrogen and oxygen atoms in total. The molecule has 0 radical (unpaired) electrons. The molecule has 1 aromatic carbocycles. The second kappa shape index (κ2) is 6.35. The molecule has 1 aromatic rings. The molecule has 1 rings (SSSR count). The van der Waals surface area contributed by atoms with Gasteiger partial charge in [-0.1, -0.05) is 36.4 Å². The molecule has 82 valence electrons. The van der Waals surface area contributed by atoms with Crippen molar-refractivity contribution in [3.63, 3.8) is 0 Å². The largest absolute Gasteiger partial charge is 0.394 e. The Labute approximate surface area is 90.1 Å². The van der Waals surface area contributed by atoms with Crippen LogP contribution < -0.4 is 5.32 Å². The first-order valence-corrected chi connectivity index (χ1v) is 4.97. The summed E-state index contributed by atoms with van der Waals surface area (Å²) in [6.45, 7) is 3.94. The van der Waals surface area contributed by atoms with Gasteiger partial charge in [0.15, 0.2) is 0 Å². The predicted octanol–water partition coefficient (Wildman–Crippen LogP) is 0.856. The second-order valence-corrected chi connectivity index (χ2v) is 3.34. The van der Waals surface area contributed by atoms with Crippen LogP contribution in [0.5, 0.6) is 0 Å². The normalized spacial score (nSPS) is 14.5. The average molecular weight is 207 g/mol. The summed E-state index contributed by atoms with van der Waals surface area (Å²) in [6.07, 6.45) is 0.924. The molecule has 2 atom stereocenters. The van der Waals surface area contributed by atoms with E-state index in [9.17, 15) is 5.11 Å². The van der Waals surface area contributed by atoms with Gasteiger partial charge in [0, 0.05) is 6.54 Å². The van der Waals surface area contributed by atoms with E-state index < -0.39 is 6.10 Å². The van der Waals surface area contributed by atoms with E-state index in [1.165, 1.54) is 0 Å². The Hall–Kier alpha value is -1.16. The number of hydrogen-bond donors (Lipinski definition) is 3. The van der Waals surface area contributed by atoms with Crippen molar-refractivity contribution >= 4 is 0 Å². The summed E-state index contributed by atoms with van der Waals surface area (Å²) in [7, 11) is 0. The van der Waals surface area contributed by atoms with Crippen molar-refractivity contribution in [1.82, 2.24) is 5.32 Å². The van der Waals surface area contributed by atoms with Crippen molar-refractivity contribution in [2.24, 2.45) is 0 Å². The number of aliphatic hydroxyl groups is 2. The molecule has 15 heavy (non-hydrogen) atoms. The molecule has 0 fully saturated rings. The topological polar surface area (TPSA) is 52.5 Å². The number of rotatable bonds is 6. The summed E-state index contributed by atoms with van der Waals surface area (Å²) >= 11 is 0. The predicted molar refractivity (Wildman–Crippen MR) is 60.5 cm³/mol. The van der Waals surface area contributed by atoms with Crippen LogP contribution >= 0.6 is 0 Å². The molecule has 0 aromatic heterocycles. The van der Waals surface area contributed by atoms with Gasteiger partial charge in [0.05, 0.1) is 18.8 Å². The van der Waals surface area contributed by atoms with Crippen LogP contribution in [0.3, 0.4) is 0 Å². The molecule has 0 heterocycles. The second-order valence-electron chi connectivity index (χ2n) is 3.34. The first-order chi connectivity index (χ1) is 7.29. The number of hydrogen-bond acceptors (Lipinski definition) is 3. The van der Waals surface area contributed by atoms with Crippen LogP contribution in [0.25, 0.3) is 0 Å². The fourth-order valence-electron chi connectivity index (χ4n) is 1.45. The van der Waals surface area contributed by atoms with Gasteiger partial charge < -0.3 is 15.5 Å². The Bertz CT molecular complexity index is 287. The summed E-state index contributed by atoms with van der Waals surface area (Å²) in [6, 6.07) is 9.30. The molecule has 0 unspecified atom stereocenters. The van der Waals surface area contributed by atoms with Crippen LogP contribution in [-0.2, 0) is 0 Å². The van der Waals surface area contributed by atoms with Gasteiger partial charge >= 0.3 is 0 Å². The zero-order valence-electron chi connectivity index (χ0n) is 8.63. The Morgan fingerprint density at radius 2 is 2.00 bits per heavy atom. The molecular weight excluding hydrogens is 190 g/mol. The standard InChI is InChI=1S/C12H17NO2/c1-2-8-13-12(11(15)9-14)10-6-4-3-5-7-10/h2-7,11-15H,1,8-9H2/t11-,12+/m0/s1. The highest BCUT2D eigenvalue weighted by molar-refractivity contribution is 5.20. The van der Waals surface area contributed by atoms with Crippen molar-refractivity contribution in [1.29, 1.82) is 0 Å². The van der Waals surface area contributed by atoms with Crippen molar-refractivity contribution in [2.75, 3.05) is 13.2 Å². The van der Waals surface area contributed by atoms with E-state index in [0.717, 1.165) is 5.56 Å². The SMILES string of the molecule is C=CCN[C@H](c1ccccc1)[C@@H](O)CO. The minimum Gasteiger partial charge on any atom is -0.394 e. The van der Waals surface area contributed by atoms with Gasteiger partial charge in [0.25, 0.3) is 0 Å². The van der Waals surface area contributed by atoms with Crippen LogP contribution in [0, 0.1) is 0 Å². The van der Waals surface area contributed by atoms with E-state index in [0.29, 0.717) is 6.54 Å². The van der Waals surface area contributed by atoms with Crippen LogP contribution in [0.4, 0.5) is 0 Å². The zero-order chi connectivity index (χ0) is 11.1. The van der Waals surface area contributed by atoms with E-state index in [4.69, 9.17) is 5.11 Å². The van der Waals surface area contributed by atoms with Gasteiger partial charge in [-0.05, 0) is 5.56 Å². The highest BCUT2D eigenvalue weighted by Gasteiger charge is 2.18.